The minimum atomic E-state index is -3.50. The molecule has 0 bridgehead atoms. The van der Waals surface area contributed by atoms with E-state index in [1.807, 2.05) is 6.92 Å². The Balaban J connectivity index is 4.66. The summed E-state index contributed by atoms with van der Waals surface area (Å²) in [6.45, 7) is 0.454. The van der Waals surface area contributed by atoms with E-state index in [1.54, 1.807) is 6.92 Å². The van der Waals surface area contributed by atoms with Crippen molar-refractivity contribution in [3.63, 3.8) is 0 Å². The van der Waals surface area contributed by atoms with E-state index in [4.69, 9.17) is 0 Å². The molecule has 96 valence electrons. The van der Waals surface area contributed by atoms with Crippen LogP contribution in [0.3, 0.4) is 0 Å². The van der Waals surface area contributed by atoms with Crippen LogP contribution in [0.2, 0.25) is 0 Å². The van der Waals surface area contributed by atoms with Crippen molar-refractivity contribution in [3.05, 3.63) is 0 Å². The number of hydrogen-bond acceptors (Lipinski definition) is 5. The zero-order valence-electron chi connectivity index (χ0n) is 9.30. The van der Waals surface area contributed by atoms with Gasteiger partial charge in [-0.2, -0.15) is 0 Å². The van der Waals surface area contributed by atoms with Crippen LogP contribution in [0.5, 0.6) is 0 Å². The second-order valence-electron chi connectivity index (χ2n) is 3.04. The molecule has 0 fully saturated rings. The van der Waals surface area contributed by atoms with Crippen LogP contribution >= 0.6 is 30.2 Å². The number of nitrogens with one attached hydrogen (secondary N) is 2. The van der Waals surface area contributed by atoms with Gasteiger partial charge in [-0.25, -0.2) is 8.42 Å². The lowest BCUT2D eigenvalue weighted by atomic mass is 10.6. The summed E-state index contributed by atoms with van der Waals surface area (Å²) < 4.78 is 37.3. The van der Waals surface area contributed by atoms with Crippen molar-refractivity contribution in [2.75, 3.05) is 11.5 Å². The third-order valence-electron chi connectivity index (χ3n) is 1.43. The minimum Gasteiger partial charge on any atom is -0.313 e. The first kappa shape index (κ1) is 16.4. The molecule has 0 rings (SSSR count). The fraction of sp³-hybridized carbons (Fsp3) is 0.857. The van der Waals surface area contributed by atoms with Gasteiger partial charge in [0, 0.05) is 5.75 Å². The molecule has 1 unspecified atom stereocenters. The maximum absolute atomic E-state index is 12.1. The second kappa shape index (κ2) is 7.66. The van der Waals surface area contributed by atoms with Crippen molar-refractivity contribution in [1.82, 2.24) is 9.58 Å². The monoisotopic (exact) mass is 304 g/mol. The van der Waals surface area contributed by atoms with Crippen LogP contribution < -0.4 is 9.58 Å². The van der Waals surface area contributed by atoms with Crippen molar-refractivity contribution in [2.24, 2.45) is 0 Å². The summed E-state index contributed by atoms with van der Waals surface area (Å²) in [7, 11) is -3.50. The Labute approximate surface area is 106 Å². The summed E-state index contributed by atoms with van der Waals surface area (Å²) in [4.78, 5) is 0. The molecule has 0 aromatic heterocycles. The molecule has 0 aliphatic heterocycles. The molecule has 1 atom stereocenters. The predicted molar refractivity (Wildman–Crippen MR) is 74.4 cm³/mol. The van der Waals surface area contributed by atoms with Crippen molar-refractivity contribution in [1.29, 1.82) is 0 Å². The molecule has 0 saturated carbocycles. The largest absolute Gasteiger partial charge is 0.313 e. The van der Waals surface area contributed by atoms with Crippen molar-refractivity contribution in [2.45, 2.75) is 26.7 Å². The van der Waals surface area contributed by atoms with Crippen molar-refractivity contribution >= 4 is 45.8 Å². The van der Waals surface area contributed by atoms with E-state index in [-0.39, 0.29) is 5.75 Å². The topological polar surface area (TPSA) is 75.3 Å². The third kappa shape index (κ3) is 6.85. The molecule has 0 heterocycles. The van der Waals surface area contributed by atoms with E-state index in [9.17, 15) is 13.0 Å². The second-order valence-corrected chi connectivity index (χ2v) is 9.99. The van der Waals surface area contributed by atoms with E-state index in [1.165, 1.54) is 0 Å². The molecule has 2 N–H and O–H groups in total. The van der Waals surface area contributed by atoms with Crippen LogP contribution in [-0.2, 0) is 14.6 Å². The molecule has 16 heavy (non-hydrogen) atoms. The highest BCUT2D eigenvalue weighted by Gasteiger charge is 2.27. The van der Waals surface area contributed by atoms with Gasteiger partial charge in [0.25, 0.3) is 0 Å². The van der Waals surface area contributed by atoms with E-state index >= 15 is 0 Å². The zero-order chi connectivity index (χ0) is 12.7. The smallest absolute Gasteiger partial charge is 0.303 e. The van der Waals surface area contributed by atoms with E-state index < -0.39 is 16.7 Å². The summed E-state index contributed by atoms with van der Waals surface area (Å²) in [5.74, 6) is 0.560. The van der Waals surface area contributed by atoms with E-state index in [2.05, 4.69) is 21.8 Å². The normalized spacial score (nSPS) is 15.4. The molecule has 0 aromatic rings. The Hall–Kier alpha value is 0.380. The summed E-state index contributed by atoms with van der Waals surface area (Å²) in [5, 5.41) is 2.43. The lowest BCUT2D eigenvalue weighted by Crippen LogP contribution is -2.27. The number of sulfonamides is 1. The highest BCUT2D eigenvalue weighted by molar-refractivity contribution is 8.58. The van der Waals surface area contributed by atoms with Gasteiger partial charge < -0.3 is 5.09 Å². The van der Waals surface area contributed by atoms with Gasteiger partial charge >= 0.3 is 6.65 Å². The molecule has 0 saturated heterocycles. The fourth-order valence-electron chi connectivity index (χ4n) is 0.877. The molecular weight excluding hydrogens is 287 g/mol. The lowest BCUT2D eigenvalue weighted by Gasteiger charge is -2.17. The average molecular weight is 304 g/mol. The highest BCUT2D eigenvalue weighted by Crippen LogP contribution is 2.51. The molecule has 0 aliphatic carbocycles. The van der Waals surface area contributed by atoms with Crippen LogP contribution in [-0.4, -0.2) is 25.4 Å². The van der Waals surface area contributed by atoms with Crippen LogP contribution in [0.15, 0.2) is 0 Å². The van der Waals surface area contributed by atoms with Crippen LogP contribution in [0.4, 0.5) is 0 Å². The summed E-state index contributed by atoms with van der Waals surface area (Å²) >= 11 is 5.61. The van der Waals surface area contributed by atoms with E-state index in [0.717, 1.165) is 23.3 Å². The van der Waals surface area contributed by atoms with Gasteiger partial charge in [0.2, 0.25) is 10.0 Å². The van der Waals surface area contributed by atoms with Gasteiger partial charge in [-0.3, -0.25) is 4.57 Å². The third-order valence-corrected chi connectivity index (χ3v) is 8.79. The van der Waals surface area contributed by atoms with Gasteiger partial charge in [0.05, 0.1) is 11.2 Å². The standard InChI is InChI=1S/C7H17N2O3PS3/c1-3-5-15-13(10,8-7-14)9-16(11,12)6-4-2/h7H,3-6H2,1-2H3,(H2,8,9,10,14). The minimum absolute atomic E-state index is 0.0389. The lowest BCUT2D eigenvalue weighted by molar-refractivity contribution is 0.572. The molecule has 0 radical (unpaired) electrons. The summed E-state index contributed by atoms with van der Waals surface area (Å²) in [5.41, 5.74) is 1.08. The number of thiocarbonyl (C=S) groups is 1. The summed E-state index contributed by atoms with van der Waals surface area (Å²) in [6, 6.07) is 0. The Bertz CT molecular complexity index is 358. The average Bonchev–Trinajstić information content (AvgIpc) is 2.14. The molecule has 5 nitrogen and oxygen atoms in total. The Morgan fingerprint density at radius 1 is 1.38 bits per heavy atom. The molecule has 0 aliphatic rings. The van der Waals surface area contributed by atoms with Crippen molar-refractivity contribution < 1.29 is 13.0 Å². The predicted octanol–water partition coefficient (Wildman–Crippen LogP) is 2.11. The van der Waals surface area contributed by atoms with E-state index in [0.29, 0.717) is 12.2 Å². The fourth-order valence-corrected chi connectivity index (χ4v) is 8.16. The maximum atomic E-state index is 12.1. The van der Waals surface area contributed by atoms with Crippen molar-refractivity contribution in [3.8, 4) is 0 Å². The highest BCUT2D eigenvalue weighted by atomic mass is 32.7. The Kier molecular flexibility index (Phi) is 7.84. The van der Waals surface area contributed by atoms with Gasteiger partial charge in [0.15, 0.2) is 0 Å². The molecule has 0 amide bonds. The number of rotatable bonds is 9. The van der Waals surface area contributed by atoms with Crippen LogP contribution in [0.25, 0.3) is 0 Å². The quantitative estimate of drug-likeness (QED) is 0.502. The van der Waals surface area contributed by atoms with Gasteiger partial charge in [-0.1, -0.05) is 37.4 Å². The SMILES string of the molecule is CCCSP(=O)(NC=S)NS(=O)(=O)CCC. The first-order chi connectivity index (χ1) is 7.39. The first-order valence-corrected chi connectivity index (χ1v) is 10.3. The summed E-state index contributed by atoms with van der Waals surface area (Å²) in [6.07, 6.45) is 1.29. The Morgan fingerprint density at radius 3 is 2.44 bits per heavy atom. The molecular formula is C7H17N2O3PS3. The molecule has 0 spiro atoms. The Morgan fingerprint density at radius 2 is 2.00 bits per heavy atom. The van der Waals surface area contributed by atoms with Crippen LogP contribution in [0.1, 0.15) is 26.7 Å². The molecule has 9 heteroatoms. The first-order valence-electron chi connectivity index (χ1n) is 4.87. The zero-order valence-corrected chi connectivity index (χ0v) is 12.6. The van der Waals surface area contributed by atoms with Gasteiger partial charge in [-0.15, -0.1) is 4.49 Å². The van der Waals surface area contributed by atoms with Gasteiger partial charge in [-0.05, 0) is 12.8 Å². The van der Waals surface area contributed by atoms with Gasteiger partial charge in [0.1, 0.15) is 0 Å². The number of hydrogen-bond donors (Lipinski definition) is 2. The van der Waals surface area contributed by atoms with Crippen LogP contribution in [0, 0.1) is 0 Å². The molecule has 0 aromatic carbocycles. The maximum Gasteiger partial charge on any atom is 0.303 e.